The summed E-state index contributed by atoms with van der Waals surface area (Å²) in [5.74, 6) is -0.0938. The van der Waals surface area contributed by atoms with E-state index in [-0.39, 0.29) is 18.1 Å². The summed E-state index contributed by atoms with van der Waals surface area (Å²) >= 11 is 0. The summed E-state index contributed by atoms with van der Waals surface area (Å²) in [6.45, 7) is 0.177. The molecule has 0 fully saturated rings. The Kier molecular flexibility index (Phi) is 8.15. The zero-order valence-corrected chi connectivity index (χ0v) is 19.3. The molecular formula is C28H24F4N2O2. The largest absolute Gasteiger partial charge is 0.487 e. The number of unbranched alkanes of at least 4 members (excludes halogenated alkanes) is 1. The molecule has 0 spiro atoms. The number of aryl methyl sites for hydroxylation is 2. The van der Waals surface area contributed by atoms with Gasteiger partial charge < -0.3 is 9.15 Å². The van der Waals surface area contributed by atoms with Gasteiger partial charge in [0.1, 0.15) is 30.1 Å². The summed E-state index contributed by atoms with van der Waals surface area (Å²) in [6.07, 6.45) is 7.38. The number of alkyl halides is 3. The number of benzene rings is 2. The number of nitrogens with zero attached hydrogens (tertiary/aromatic N) is 2. The number of ether oxygens (including phenoxy) is 1. The average Bonchev–Trinajstić information content (AvgIpc) is 3.33. The van der Waals surface area contributed by atoms with E-state index in [1.165, 1.54) is 29.5 Å². The molecule has 0 N–H and O–H groups in total. The number of halogens is 4. The lowest BCUT2D eigenvalue weighted by atomic mass is 10.0. The second-order valence-corrected chi connectivity index (χ2v) is 8.25. The Morgan fingerprint density at radius 3 is 2.39 bits per heavy atom. The summed E-state index contributed by atoms with van der Waals surface area (Å²) in [5.41, 5.74) is 1.97. The highest BCUT2D eigenvalue weighted by Gasteiger charge is 2.30. The Balaban J connectivity index is 1.23. The minimum Gasteiger partial charge on any atom is -0.487 e. The smallest absolute Gasteiger partial charge is 0.416 e. The molecule has 2 aromatic heterocycles. The molecule has 2 heterocycles. The normalized spacial score (nSPS) is 11.8. The van der Waals surface area contributed by atoms with Crippen molar-refractivity contribution < 1.29 is 26.7 Å². The van der Waals surface area contributed by atoms with Crippen LogP contribution in [-0.2, 0) is 25.6 Å². The van der Waals surface area contributed by atoms with E-state index in [1.807, 2.05) is 36.5 Å². The van der Waals surface area contributed by atoms with Gasteiger partial charge in [0, 0.05) is 24.0 Å². The molecular weight excluding hydrogens is 472 g/mol. The van der Waals surface area contributed by atoms with Crippen LogP contribution in [0.5, 0.6) is 5.75 Å². The van der Waals surface area contributed by atoms with Crippen molar-refractivity contribution in [3.8, 4) is 5.75 Å². The van der Waals surface area contributed by atoms with Crippen LogP contribution in [-0.4, -0.2) is 9.97 Å². The standard InChI is InChI=1S/C28H24F4N2O2/c29-26-16-23(28(30,31)32)11-9-22(26)10-14-27-34-24(19-36-27)18-35-25-12-7-20(8-13-25)4-1-2-5-21-6-3-15-33-17-21/h3,6-17,19H,1-2,4-5,18H2. The van der Waals surface area contributed by atoms with Crippen LogP contribution >= 0.6 is 0 Å². The third-order valence-electron chi connectivity index (χ3n) is 5.52. The molecule has 0 aliphatic rings. The summed E-state index contributed by atoms with van der Waals surface area (Å²) in [4.78, 5) is 8.37. The highest BCUT2D eigenvalue weighted by molar-refractivity contribution is 5.66. The van der Waals surface area contributed by atoms with E-state index in [0.29, 0.717) is 17.5 Å². The lowest BCUT2D eigenvalue weighted by Gasteiger charge is -2.07. The van der Waals surface area contributed by atoms with Crippen LogP contribution in [0.4, 0.5) is 17.6 Å². The first-order valence-electron chi connectivity index (χ1n) is 11.5. The number of rotatable bonds is 10. The van der Waals surface area contributed by atoms with Crippen LogP contribution in [0, 0.1) is 5.82 Å². The van der Waals surface area contributed by atoms with Gasteiger partial charge in [0.15, 0.2) is 0 Å². The summed E-state index contributed by atoms with van der Waals surface area (Å²) in [6, 6.07) is 14.3. The van der Waals surface area contributed by atoms with Gasteiger partial charge in [-0.25, -0.2) is 9.37 Å². The number of oxazole rings is 1. The second kappa shape index (κ2) is 11.7. The fraction of sp³-hybridized carbons (Fsp3) is 0.214. The van der Waals surface area contributed by atoms with Gasteiger partial charge in [0.2, 0.25) is 5.89 Å². The van der Waals surface area contributed by atoms with Crippen molar-refractivity contribution in [2.75, 3.05) is 0 Å². The predicted octanol–water partition coefficient (Wildman–Crippen LogP) is 7.54. The summed E-state index contributed by atoms with van der Waals surface area (Å²) in [5, 5.41) is 0. The van der Waals surface area contributed by atoms with Crippen LogP contribution in [0.1, 0.15) is 46.7 Å². The zero-order valence-electron chi connectivity index (χ0n) is 19.3. The van der Waals surface area contributed by atoms with Crippen molar-refractivity contribution in [1.29, 1.82) is 0 Å². The van der Waals surface area contributed by atoms with E-state index >= 15 is 0 Å². The minimum atomic E-state index is -4.60. The van der Waals surface area contributed by atoms with E-state index in [9.17, 15) is 17.6 Å². The Labute approximate surface area is 206 Å². The number of hydrogen-bond donors (Lipinski definition) is 0. The van der Waals surface area contributed by atoms with Crippen molar-refractivity contribution in [3.63, 3.8) is 0 Å². The third-order valence-corrected chi connectivity index (χ3v) is 5.52. The lowest BCUT2D eigenvalue weighted by Crippen LogP contribution is -2.05. The zero-order chi connectivity index (χ0) is 25.4. The first kappa shape index (κ1) is 25.2. The molecule has 0 unspecified atom stereocenters. The van der Waals surface area contributed by atoms with E-state index < -0.39 is 17.6 Å². The monoisotopic (exact) mass is 496 g/mol. The highest BCUT2D eigenvalue weighted by Crippen LogP contribution is 2.30. The quantitative estimate of drug-likeness (QED) is 0.168. The molecule has 4 aromatic rings. The number of pyridine rings is 1. The molecule has 186 valence electrons. The van der Waals surface area contributed by atoms with Gasteiger partial charge in [-0.1, -0.05) is 24.3 Å². The van der Waals surface area contributed by atoms with Gasteiger partial charge in [-0.05, 0) is 73.2 Å². The van der Waals surface area contributed by atoms with Gasteiger partial charge in [-0.15, -0.1) is 0 Å². The maximum absolute atomic E-state index is 14.0. The molecule has 2 aromatic carbocycles. The molecule has 4 nitrogen and oxygen atoms in total. The summed E-state index contributed by atoms with van der Waals surface area (Å²) < 4.78 is 63.0. The first-order valence-corrected chi connectivity index (χ1v) is 11.5. The fourth-order valence-corrected chi connectivity index (χ4v) is 3.58. The van der Waals surface area contributed by atoms with Crippen LogP contribution in [0.3, 0.4) is 0 Å². The van der Waals surface area contributed by atoms with E-state index in [2.05, 4.69) is 16.0 Å². The fourth-order valence-electron chi connectivity index (χ4n) is 3.58. The average molecular weight is 497 g/mol. The first-order chi connectivity index (χ1) is 17.4. The molecule has 36 heavy (non-hydrogen) atoms. The van der Waals surface area contributed by atoms with E-state index in [4.69, 9.17) is 9.15 Å². The van der Waals surface area contributed by atoms with Crippen molar-refractivity contribution in [2.24, 2.45) is 0 Å². The Bertz CT molecular complexity index is 1280. The maximum atomic E-state index is 14.0. The molecule has 0 saturated carbocycles. The van der Waals surface area contributed by atoms with Gasteiger partial charge in [0.25, 0.3) is 0 Å². The maximum Gasteiger partial charge on any atom is 0.416 e. The van der Waals surface area contributed by atoms with Gasteiger partial charge in [0.05, 0.1) is 5.56 Å². The third kappa shape index (κ3) is 7.28. The van der Waals surface area contributed by atoms with Gasteiger partial charge in [-0.2, -0.15) is 13.2 Å². The van der Waals surface area contributed by atoms with Crippen LogP contribution in [0.25, 0.3) is 12.2 Å². The van der Waals surface area contributed by atoms with Crippen LogP contribution in [0.15, 0.2) is 77.7 Å². The van der Waals surface area contributed by atoms with Crippen molar-refractivity contribution in [2.45, 2.75) is 38.5 Å². The molecule has 0 amide bonds. The van der Waals surface area contributed by atoms with Crippen molar-refractivity contribution >= 4 is 12.2 Å². The van der Waals surface area contributed by atoms with Crippen molar-refractivity contribution in [1.82, 2.24) is 9.97 Å². The molecule has 0 atom stereocenters. The topological polar surface area (TPSA) is 48.2 Å². The molecule has 0 aliphatic carbocycles. The second-order valence-electron chi connectivity index (χ2n) is 8.25. The lowest BCUT2D eigenvalue weighted by molar-refractivity contribution is -0.137. The Morgan fingerprint density at radius 2 is 1.69 bits per heavy atom. The Hall–Kier alpha value is -3.94. The van der Waals surface area contributed by atoms with Crippen molar-refractivity contribution in [3.05, 3.63) is 113 Å². The predicted molar refractivity (Wildman–Crippen MR) is 128 cm³/mol. The van der Waals surface area contributed by atoms with Gasteiger partial charge in [-0.3, -0.25) is 4.98 Å². The number of aromatic nitrogens is 2. The van der Waals surface area contributed by atoms with E-state index in [0.717, 1.165) is 37.8 Å². The SMILES string of the molecule is Fc1cc(C(F)(F)F)ccc1C=Cc1nc(COc2ccc(CCCCc3cccnc3)cc2)co1. The van der Waals surface area contributed by atoms with E-state index in [1.54, 1.807) is 6.20 Å². The summed E-state index contributed by atoms with van der Waals surface area (Å²) in [7, 11) is 0. The Morgan fingerprint density at radius 1 is 0.917 bits per heavy atom. The number of hydrogen-bond acceptors (Lipinski definition) is 4. The minimum absolute atomic E-state index is 0.00355. The molecule has 4 rings (SSSR count). The molecule has 8 heteroatoms. The molecule has 0 aliphatic heterocycles. The van der Waals surface area contributed by atoms with Gasteiger partial charge >= 0.3 is 6.18 Å². The highest BCUT2D eigenvalue weighted by atomic mass is 19.4. The molecule has 0 bridgehead atoms. The van der Waals surface area contributed by atoms with Crippen LogP contribution < -0.4 is 4.74 Å². The molecule has 0 radical (unpaired) electrons. The van der Waals surface area contributed by atoms with Crippen LogP contribution in [0.2, 0.25) is 0 Å². The molecule has 0 saturated heterocycles.